The van der Waals surface area contributed by atoms with E-state index in [1.165, 1.54) is 128 Å². The van der Waals surface area contributed by atoms with Crippen LogP contribution in [-0.2, 0) is 38.1 Å². The lowest BCUT2D eigenvalue weighted by molar-refractivity contribution is -0.137. The highest BCUT2D eigenvalue weighted by Gasteiger charge is 2.65. The zero-order valence-corrected chi connectivity index (χ0v) is 84.3. The zero-order chi connectivity index (χ0) is 94.0. The van der Waals surface area contributed by atoms with E-state index in [0.29, 0.717) is 150 Å². The van der Waals surface area contributed by atoms with Crippen LogP contribution in [0.4, 0.5) is 22.7 Å². The molecule has 0 heterocycles. The molecule has 740 valence electrons. The van der Waals surface area contributed by atoms with Gasteiger partial charge in [0.25, 0.3) is 0 Å². The molecule has 0 aromatic heterocycles. The first-order valence-corrected chi connectivity index (χ1v) is 55.0. The Hall–Kier alpha value is -5.56. The second kappa shape index (κ2) is 42.7. The molecule has 32 atom stereocenters. The number of rotatable bonds is 28. The van der Waals surface area contributed by atoms with E-state index >= 15 is 0 Å². The van der Waals surface area contributed by atoms with E-state index in [2.05, 4.69) is 86.5 Å². The summed E-state index contributed by atoms with van der Waals surface area (Å²) in [4.78, 5) is 58.0. The van der Waals surface area contributed by atoms with Crippen molar-refractivity contribution in [1.29, 1.82) is 0 Å². The van der Waals surface area contributed by atoms with E-state index < -0.39 is 22.4 Å². The minimum Gasteiger partial charge on any atom is -0.387 e. The van der Waals surface area contributed by atoms with Crippen LogP contribution in [0.5, 0.6) is 0 Å². The van der Waals surface area contributed by atoms with Gasteiger partial charge >= 0.3 is 0 Å². The maximum absolute atomic E-state index is 13.6. The van der Waals surface area contributed by atoms with E-state index in [0.717, 1.165) is 196 Å². The van der Waals surface area contributed by atoms with Gasteiger partial charge in [-0.3, -0.25) is 19.2 Å². The van der Waals surface area contributed by atoms with Gasteiger partial charge in [0, 0.05) is 86.9 Å². The van der Waals surface area contributed by atoms with Crippen molar-refractivity contribution in [1.82, 2.24) is 0 Å². The third-order valence-electron chi connectivity index (χ3n) is 41.9. The van der Waals surface area contributed by atoms with Gasteiger partial charge in [-0.05, 0) is 447 Å². The Bertz CT molecular complexity index is 4210. The van der Waals surface area contributed by atoms with Crippen molar-refractivity contribution >= 4 is 45.9 Å². The Balaban J connectivity index is 0.000000124. The number of hydrogen-bond acceptors (Lipinski definition) is 16. The molecule has 20 rings (SSSR count). The highest BCUT2D eigenvalue weighted by molar-refractivity contribution is 5.88. The lowest BCUT2D eigenvalue weighted by Crippen LogP contribution is -2.52. The van der Waals surface area contributed by atoms with Crippen molar-refractivity contribution in [2.45, 2.75) is 309 Å². The quantitative estimate of drug-likeness (QED) is 0.0312. The first-order chi connectivity index (χ1) is 64.6. The summed E-state index contributed by atoms with van der Waals surface area (Å²) in [6.45, 7) is 24.5. The number of hydrogen-bond donors (Lipinski definition) is 6. The number of nitrogens with zero attached hydrogens (tertiary/aromatic N) is 2. The van der Waals surface area contributed by atoms with E-state index in [9.17, 15) is 39.6 Å². The number of para-hydroxylation sites is 4. The summed E-state index contributed by atoms with van der Waals surface area (Å²) < 4.78 is 22.5. The monoisotopic (exact) mass is 1840 g/mol. The fourth-order valence-electron chi connectivity index (χ4n) is 35.6. The third kappa shape index (κ3) is 20.9. The average Bonchev–Trinajstić information content (AvgIpc) is 1.50. The van der Waals surface area contributed by atoms with Gasteiger partial charge < -0.3 is 59.8 Å². The fourth-order valence-corrected chi connectivity index (χ4v) is 35.6. The summed E-state index contributed by atoms with van der Waals surface area (Å²) in [7, 11) is 4.10. The van der Waals surface area contributed by atoms with Crippen molar-refractivity contribution in [3.8, 4) is 0 Å². The normalized spacial score (nSPS) is 41.7. The van der Waals surface area contributed by atoms with Crippen molar-refractivity contribution < 1.29 is 58.6 Å². The smallest absolute Gasteiger partial charge is 0.155 e. The molecule has 0 aliphatic heterocycles. The summed E-state index contributed by atoms with van der Waals surface area (Å²) in [5, 5.41) is 51.1. The minimum absolute atomic E-state index is 0.174. The summed E-state index contributed by atoms with van der Waals surface area (Å²) >= 11 is 0. The van der Waals surface area contributed by atoms with Crippen LogP contribution in [0.25, 0.3) is 0 Å². The van der Waals surface area contributed by atoms with Crippen molar-refractivity contribution in [2.24, 2.45) is 164 Å². The van der Waals surface area contributed by atoms with Crippen molar-refractivity contribution in [2.75, 3.05) is 114 Å². The number of likely N-dealkylation sites (N-methyl/N-ethyl adjacent to an activating group) is 2. The molecule has 16 aliphatic carbocycles. The van der Waals surface area contributed by atoms with E-state index in [1.54, 1.807) is 0 Å². The molecule has 0 bridgehead atoms. The van der Waals surface area contributed by atoms with Gasteiger partial charge in [-0.15, -0.1) is 0 Å². The van der Waals surface area contributed by atoms with Gasteiger partial charge in [-0.2, -0.15) is 0 Å². The molecule has 6 N–H and O–H groups in total. The molecule has 0 spiro atoms. The minimum atomic E-state index is -0.608. The molecule has 16 heteroatoms. The summed E-state index contributed by atoms with van der Waals surface area (Å²) in [5.74, 6) is 17.4. The standard InChI is InChI=1S/2C30H45NO3.2C29H43NO3/c2*1-4-34-20-30(33)17-15-23-21(18-30)10-11-25-24(23)14-16-29(2)26(25)12-13-27(29)28(32)19-31(3)22-8-6-5-7-9-22;2*1-3-33-19-29(32)16-14-22-20(17-29)9-10-24-23(22)13-15-28(2)25(24)11-12-26(28)27(31)18-30-21-7-5-4-6-8-21/h2*5-9,21,23-27,33H,4,10-20H2,1-3H3;2*4-8,20,22-26,30,32H,3,9-19H2,1-2H3/t21-,23+,24-,25-,26+,27-,29+,30-;21-,23-,24+,25+,26-,27+,29-,30+;20-,22+,23-,24-,25+,26-,28+,29-;20-,22-,23+,24+,25-,26+,28-,29+/m1010/s1. The van der Waals surface area contributed by atoms with Crippen LogP contribution in [0.2, 0.25) is 0 Å². The molecule has 16 aliphatic rings. The first kappa shape index (κ1) is 100.0. The number of ether oxygens (including phenoxy) is 4. The molecule has 134 heavy (non-hydrogen) atoms. The number of benzene rings is 4. The molecular formula is C118H176N4O12. The highest BCUT2D eigenvalue weighted by Crippen LogP contribution is 2.70. The Kier molecular flexibility index (Phi) is 31.9. The Morgan fingerprint density at radius 2 is 0.522 bits per heavy atom. The Labute approximate surface area is 807 Å². The zero-order valence-electron chi connectivity index (χ0n) is 84.3. The van der Waals surface area contributed by atoms with Gasteiger partial charge in [0.1, 0.15) is 0 Å². The number of ketones is 4. The molecule has 4 aromatic rings. The summed E-state index contributed by atoms with van der Waals surface area (Å²) in [6.07, 6.45) is 41.2. The van der Waals surface area contributed by atoms with Crippen LogP contribution in [0.1, 0.15) is 287 Å². The van der Waals surface area contributed by atoms with Gasteiger partial charge in [0.2, 0.25) is 0 Å². The largest absolute Gasteiger partial charge is 0.387 e. The maximum atomic E-state index is 13.6. The number of carbonyl (C=O) groups excluding carboxylic acids is 4. The predicted molar refractivity (Wildman–Crippen MR) is 537 cm³/mol. The Morgan fingerprint density at radius 1 is 0.291 bits per heavy atom. The van der Waals surface area contributed by atoms with Crippen LogP contribution in [-0.4, -0.2) is 159 Å². The second-order valence-electron chi connectivity index (χ2n) is 48.5. The van der Waals surface area contributed by atoms with Crippen LogP contribution in [0, 0.1) is 164 Å². The predicted octanol–water partition coefficient (Wildman–Crippen LogP) is 22.9. The molecule has 0 amide bonds. The summed E-state index contributed by atoms with van der Waals surface area (Å²) in [5.41, 5.74) is 2.59. The molecule has 16 saturated carbocycles. The van der Waals surface area contributed by atoms with E-state index in [4.69, 9.17) is 18.9 Å². The molecule has 16 fully saturated rings. The molecule has 0 saturated heterocycles. The number of carbonyl (C=O) groups is 4. The van der Waals surface area contributed by atoms with Crippen molar-refractivity contribution in [3.63, 3.8) is 0 Å². The van der Waals surface area contributed by atoms with E-state index in [1.807, 2.05) is 125 Å². The summed E-state index contributed by atoms with van der Waals surface area (Å²) in [6, 6.07) is 40.8. The average molecular weight is 1840 g/mol. The number of fused-ring (bicyclic) bond motifs is 20. The number of aliphatic hydroxyl groups is 4. The lowest BCUT2D eigenvalue weighted by atomic mass is 9.49. The molecule has 0 unspecified atom stereocenters. The highest BCUT2D eigenvalue weighted by atomic mass is 16.5. The van der Waals surface area contributed by atoms with Gasteiger partial charge in [-0.25, -0.2) is 0 Å². The molecule has 4 aromatic carbocycles. The van der Waals surface area contributed by atoms with Crippen LogP contribution < -0.4 is 20.4 Å². The van der Waals surface area contributed by atoms with Crippen LogP contribution in [0.15, 0.2) is 121 Å². The third-order valence-corrected chi connectivity index (χ3v) is 41.9. The van der Waals surface area contributed by atoms with Crippen molar-refractivity contribution in [3.05, 3.63) is 121 Å². The molecule has 0 radical (unpaired) electrons. The SMILES string of the molecule is CCOC[C@@]1(O)CC[C@H]2[C@@H](CC[C@@H]3[C@@H]2CC[C@]2(C)[C@@H](C(=O)CN(C)c4ccccc4)CC[C@@H]32)C1.CCOC[C@@]1(O)CC[C@H]2[C@@H](CC[C@@H]3[C@@H]2CC[C@]2(C)[C@@H](C(=O)CNc4ccccc4)CC[C@@H]32)C1.CCOC[C@@]1(O)CC[C@H]2[C@H](CC[C@@H]3[C@@H]2CC[C@]2(C)[C@@H](C(=O)CN(C)c4ccccc4)CC[C@@H]32)C1.CCOC[C@@]1(O)CC[C@H]2[C@H](CC[C@@H]3[C@@H]2CC[C@]2(C)[C@@H](C(=O)CNc4ccccc4)CC[C@@H]32)C1. The molecule has 16 nitrogen and oxygen atoms in total. The number of Topliss-reactive ketones (excluding diaryl/α,β-unsaturated/α-hetero) is 4. The fraction of sp³-hybridized carbons (Fsp3) is 0.763. The number of anilines is 4. The van der Waals surface area contributed by atoms with Crippen LogP contribution >= 0.6 is 0 Å². The molecular weight excluding hydrogens is 1670 g/mol. The number of nitrogens with one attached hydrogen (secondary N) is 2. The lowest BCUT2D eigenvalue weighted by Gasteiger charge is -2.57. The van der Waals surface area contributed by atoms with Crippen LogP contribution in [0.3, 0.4) is 0 Å². The van der Waals surface area contributed by atoms with Gasteiger partial charge in [0.05, 0.1) is 75.0 Å². The topological polar surface area (TPSA) is 217 Å². The van der Waals surface area contributed by atoms with Gasteiger partial charge in [-0.1, -0.05) is 100 Å². The van der Waals surface area contributed by atoms with E-state index in [-0.39, 0.29) is 45.3 Å². The van der Waals surface area contributed by atoms with Gasteiger partial charge in [0.15, 0.2) is 23.1 Å². The first-order valence-electron chi connectivity index (χ1n) is 55.0. The maximum Gasteiger partial charge on any atom is 0.155 e. The Morgan fingerprint density at radius 3 is 0.769 bits per heavy atom. The second-order valence-corrected chi connectivity index (χ2v) is 48.5.